The van der Waals surface area contributed by atoms with Gasteiger partial charge in [0.05, 0.1) is 5.69 Å². The van der Waals surface area contributed by atoms with E-state index in [2.05, 4.69) is 9.97 Å². The average molecular weight is 336 g/mol. The molecule has 0 amide bonds. The van der Waals surface area contributed by atoms with Crippen LogP contribution in [-0.2, 0) is 6.42 Å². The Kier molecular flexibility index (Phi) is 4.81. The van der Waals surface area contributed by atoms with Crippen molar-refractivity contribution in [2.45, 2.75) is 19.4 Å². The van der Waals surface area contributed by atoms with Crippen molar-refractivity contribution in [2.24, 2.45) is 0 Å². The van der Waals surface area contributed by atoms with Crippen LogP contribution in [0.2, 0.25) is 0 Å². The van der Waals surface area contributed by atoms with E-state index in [0.29, 0.717) is 23.6 Å². The highest BCUT2D eigenvalue weighted by atomic mass is 16.5. The van der Waals surface area contributed by atoms with Gasteiger partial charge in [-0.1, -0.05) is 49.4 Å². The van der Waals surface area contributed by atoms with Crippen molar-refractivity contribution in [1.29, 1.82) is 0 Å². The summed E-state index contributed by atoms with van der Waals surface area (Å²) in [6, 6.07) is 16.6. The first-order chi connectivity index (χ1) is 12.1. The van der Waals surface area contributed by atoms with E-state index >= 15 is 0 Å². The molecule has 1 aromatic heterocycles. The molecule has 1 heterocycles. The second-order valence-corrected chi connectivity index (χ2v) is 5.58. The Labute approximate surface area is 146 Å². The van der Waals surface area contributed by atoms with Gasteiger partial charge in [-0.05, 0) is 29.7 Å². The van der Waals surface area contributed by atoms with Gasteiger partial charge in [0.2, 0.25) is 5.95 Å². The van der Waals surface area contributed by atoms with Crippen LogP contribution in [0.5, 0.6) is 11.5 Å². The van der Waals surface area contributed by atoms with Crippen molar-refractivity contribution in [3.63, 3.8) is 0 Å². The van der Waals surface area contributed by atoms with E-state index in [1.165, 1.54) is 0 Å². The topological polar surface area (TPSA) is 107 Å². The highest BCUT2D eigenvalue weighted by Gasteiger charge is 2.15. The molecule has 6 heteroatoms. The third-order valence-corrected chi connectivity index (χ3v) is 3.82. The molecular formula is C19H20N4O2. The third kappa shape index (κ3) is 3.70. The first kappa shape index (κ1) is 16.7. The Morgan fingerprint density at radius 1 is 1.00 bits per heavy atom. The highest BCUT2D eigenvalue weighted by molar-refractivity contribution is 5.53. The van der Waals surface area contributed by atoms with E-state index < -0.39 is 6.10 Å². The van der Waals surface area contributed by atoms with E-state index in [0.717, 1.165) is 11.1 Å². The summed E-state index contributed by atoms with van der Waals surface area (Å²) in [6.07, 6.45) is -0.131. The van der Waals surface area contributed by atoms with Crippen LogP contribution >= 0.6 is 0 Å². The fourth-order valence-corrected chi connectivity index (χ4v) is 2.58. The summed E-state index contributed by atoms with van der Waals surface area (Å²) < 4.78 is 5.90. The fourth-order valence-electron chi connectivity index (χ4n) is 2.58. The number of benzene rings is 2. The zero-order valence-electron chi connectivity index (χ0n) is 13.9. The number of nitrogens with two attached hydrogens (primary N) is 2. The van der Waals surface area contributed by atoms with E-state index in [-0.39, 0.29) is 11.8 Å². The molecule has 0 aliphatic carbocycles. The normalized spacial score (nSPS) is 11.9. The van der Waals surface area contributed by atoms with Crippen molar-refractivity contribution < 1.29 is 9.84 Å². The summed E-state index contributed by atoms with van der Waals surface area (Å²) in [5, 5.41) is 10.6. The Balaban J connectivity index is 1.91. The number of hydrogen-bond acceptors (Lipinski definition) is 6. The van der Waals surface area contributed by atoms with Crippen LogP contribution in [0.25, 0.3) is 0 Å². The molecule has 0 spiro atoms. The third-order valence-electron chi connectivity index (χ3n) is 3.82. The monoisotopic (exact) mass is 336 g/mol. The molecular weight excluding hydrogens is 316 g/mol. The van der Waals surface area contributed by atoms with Crippen LogP contribution in [0.1, 0.15) is 29.8 Å². The standard InChI is InChI=1S/C19H20N4O2/c1-2-15-17(18(20)23-19(21)22-15)25-14-10-6-9-13(11-14)16(24)12-7-4-3-5-8-12/h3-11,16,24H,2H2,1H3,(H4,20,21,22,23). The van der Waals surface area contributed by atoms with Gasteiger partial charge < -0.3 is 21.3 Å². The summed E-state index contributed by atoms with van der Waals surface area (Å²) in [5.41, 5.74) is 13.7. The quantitative estimate of drug-likeness (QED) is 0.661. The molecule has 1 atom stereocenters. The number of aliphatic hydroxyl groups is 1. The predicted octanol–water partition coefficient (Wildman–Crippen LogP) is 3.08. The number of nitrogen functional groups attached to an aromatic ring is 2. The van der Waals surface area contributed by atoms with Gasteiger partial charge in [0, 0.05) is 0 Å². The number of rotatable bonds is 5. The lowest BCUT2D eigenvalue weighted by Crippen LogP contribution is -2.06. The van der Waals surface area contributed by atoms with Gasteiger partial charge >= 0.3 is 0 Å². The fraction of sp³-hybridized carbons (Fsp3) is 0.158. The van der Waals surface area contributed by atoms with E-state index in [1.54, 1.807) is 12.1 Å². The maximum atomic E-state index is 10.6. The smallest absolute Gasteiger partial charge is 0.222 e. The lowest BCUT2D eigenvalue weighted by Gasteiger charge is -2.15. The van der Waals surface area contributed by atoms with Crippen LogP contribution in [0, 0.1) is 0 Å². The Morgan fingerprint density at radius 3 is 2.44 bits per heavy atom. The minimum absolute atomic E-state index is 0.120. The SMILES string of the molecule is CCc1nc(N)nc(N)c1Oc1cccc(C(O)c2ccccc2)c1. The summed E-state index contributed by atoms with van der Waals surface area (Å²) in [6.45, 7) is 1.93. The first-order valence-corrected chi connectivity index (χ1v) is 8.01. The molecule has 0 radical (unpaired) electrons. The molecule has 2 aromatic carbocycles. The lowest BCUT2D eigenvalue weighted by atomic mass is 10.0. The highest BCUT2D eigenvalue weighted by Crippen LogP contribution is 2.32. The number of aliphatic hydroxyl groups excluding tert-OH is 1. The Hall–Kier alpha value is -3.12. The van der Waals surface area contributed by atoms with Gasteiger partial charge in [0.15, 0.2) is 11.6 Å². The van der Waals surface area contributed by atoms with Crippen LogP contribution < -0.4 is 16.2 Å². The molecule has 6 nitrogen and oxygen atoms in total. The van der Waals surface area contributed by atoms with Gasteiger partial charge in [0.25, 0.3) is 0 Å². The molecule has 25 heavy (non-hydrogen) atoms. The number of aromatic nitrogens is 2. The number of ether oxygens (including phenoxy) is 1. The second kappa shape index (κ2) is 7.19. The first-order valence-electron chi connectivity index (χ1n) is 8.01. The largest absolute Gasteiger partial charge is 0.452 e. The van der Waals surface area contributed by atoms with Crippen molar-refractivity contribution in [3.05, 3.63) is 71.4 Å². The van der Waals surface area contributed by atoms with E-state index in [4.69, 9.17) is 16.2 Å². The molecule has 0 saturated carbocycles. The zero-order valence-corrected chi connectivity index (χ0v) is 13.9. The average Bonchev–Trinajstić information content (AvgIpc) is 2.64. The summed E-state index contributed by atoms with van der Waals surface area (Å²) in [7, 11) is 0. The zero-order chi connectivity index (χ0) is 17.8. The van der Waals surface area contributed by atoms with Crippen LogP contribution in [0.4, 0.5) is 11.8 Å². The molecule has 5 N–H and O–H groups in total. The summed E-state index contributed by atoms with van der Waals surface area (Å²) >= 11 is 0. The van der Waals surface area contributed by atoms with Gasteiger partial charge in [-0.3, -0.25) is 0 Å². The molecule has 0 fully saturated rings. The molecule has 3 aromatic rings. The molecule has 128 valence electrons. The van der Waals surface area contributed by atoms with Crippen molar-refractivity contribution in [2.75, 3.05) is 11.5 Å². The van der Waals surface area contributed by atoms with E-state index in [9.17, 15) is 5.11 Å². The lowest BCUT2D eigenvalue weighted by molar-refractivity contribution is 0.220. The second-order valence-electron chi connectivity index (χ2n) is 5.58. The van der Waals surface area contributed by atoms with E-state index in [1.807, 2.05) is 49.4 Å². The summed E-state index contributed by atoms with van der Waals surface area (Å²) in [5.74, 6) is 1.25. The van der Waals surface area contributed by atoms with Crippen molar-refractivity contribution >= 4 is 11.8 Å². The van der Waals surface area contributed by atoms with Gasteiger partial charge in [-0.25, -0.2) is 4.98 Å². The number of aryl methyl sites for hydroxylation is 1. The van der Waals surface area contributed by atoms with Gasteiger partial charge in [0.1, 0.15) is 11.9 Å². The molecule has 1 unspecified atom stereocenters. The summed E-state index contributed by atoms with van der Waals surface area (Å²) in [4.78, 5) is 8.12. The molecule has 0 aliphatic heterocycles. The molecule has 0 saturated heterocycles. The molecule has 3 rings (SSSR count). The Morgan fingerprint density at radius 2 is 1.72 bits per heavy atom. The number of anilines is 2. The molecule has 0 bridgehead atoms. The van der Waals surface area contributed by atoms with Gasteiger partial charge in [-0.15, -0.1) is 0 Å². The van der Waals surface area contributed by atoms with Crippen LogP contribution in [0.3, 0.4) is 0 Å². The number of hydrogen-bond donors (Lipinski definition) is 3. The molecule has 0 aliphatic rings. The van der Waals surface area contributed by atoms with Crippen molar-refractivity contribution in [1.82, 2.24) is 9.97 Å². The minimum Gasteiger partial charge on any atom is -0.452 e. The maximum Gasteiger partial charge on any atom is 0.222 e. The van der Waals surface area contributed by atoms with Crippen molar-refractivity contribution in [3.8, 4) is 11.5 Å². The van der Waals surface area contributed by atoms with Gasteiger partial charge in [-0.2, -0.15) is 4.98 Å². The van der Waals surface area contributed by atoms with Crippen LogP contribution in [0.15, 0.2) is 54.6 Å². The minimum atomic E-state index is -0.740. The number of nitrogens with zero attached hydrogens (tertiary/aromatic N) is 2. The Bertz CT molecular complexity index is 869. The predicted molar refractivity (Wildman–Crippen MR) is 97.3 cm³/mol. The maximum absolute atomic E-state index is 10.6. The van der Waals surface area contributed by atoms with Crippen LogP contribution in [-0.4, -0.2) is 15.1 Å².